The van der Waals surface area contributed by atoms with E-state index < -0.39 is 16.8 Å². The Morgan fingerprint density at radius 2 is 1.79 bits per heavy atom. The predicted octanol–water partition coefficient (Wildman–Crippen LogP) is 2.40. The molecule has 3 nitrogen and oxygen atoms in total. The molecule has 1 rings (SSSR count). The second-order valence-electron chi connectivity index (χ2n) is 2.49. The van der Waals surface area contributed by atoms with Crippen LogP contribution in [0, 0.1) is 0 Å². The van der Waals surface area contributed by atoms with E-state index in [0.29, 0.717) is 4.90 Å². The van der Waals surface area contributed by atoms with Gasteiger partial charge in [0.2, 0.25) is 0 Å². The first-order valence-corrected chi connectivity index (χ1v) is 6.46. The number of benzene rings is 1. The lowest BCUT2D eigenvalue weighted by Crippen LogP contribution is -2.09. The normalized spacial score (nSPS) is 12.4. The molecule has 1 aromatic carbocycles. The maximum Gasteiger partial charge on any atom is 0.316 e. The molecule has 0 radical (unpaired) electrons. The minimum Gasteiger partial charge on any atom is -0.481 e. The van der Waals surface area contributed by atoms with E-state index in [0.717, 1.165) is 8.95 Å². The number of hydrogen-bond acceptors (Lipinski definition) is 2. The molecule has 0 saturated carbocycles. The maximum atomic E-state index is 11.4. The van der Waals surface area contributed by atoms with E-state index in [1.54, 1.807) is 18.2 Å². The zero-order valence-electron chi connectivity index (χ0n) is 6.87. The fourth-order valence-electron chi connectivity index (χ4n) is 0.855. The van der Waals surface area contributed by atoms with Gasteiger partial charge < -0.3 is 5.11 Å². The number of aliphatic carboxylic acids is 1. The third-order valence-corrected chi connectivity index (χ3v) is 3.54. The number of carbonyl (C=O) groups is 1. The molecule has 0 bridgehead atoms. The molecule has 1 N–H and O–H groups in total. The van der Waals surface area contributed by atoms with E-state index in [2.05, 4.69) is 31.9 Å². The Hall–Kier alpha value is -0.200. The number of hydrogen-bond donors (Lipinski definition) is 1. The number of halogens is 2. The summed E-state index contributed by atoms with van der Waals surface area (Å²) in [5, 5.41) is 8.47. The highest BCUT2D eigenvalue weighted by Gasteiger charge is 2.09. The van der Waals surface area contributed by atoms with Gasteiger partial charge in [0, 0.05) is 13.8 Å². The summed E-state index contributed by atoms with van der Waals surface area (Å²) in [6, 6.07) is 5.08. The molecule has 0 aliphatic heterocycles. The Labute approximate surface area is 100 Å². The molecule has 0 aliphatic rings. The van der Waals surface area contributed by atoms with Gasteiger partial charge in [-0.2, -0.15) is 0 Å². The Morgan fingerprint density at radius 1 is 1.29 bits per heavy atom. The highest BCUT2D eigenvalue weighted by molar-refractivity contribution is 9.11. The van der Waals surface area contributed by atoms with Crippen molar-refractivity contribution in [2.75, 3.05) is 5.75 Å². The van der Waals surface area contributed by atoms with Crippen molar-refractivity contribution in [1.82, 2.24) is 0 Å². The molecule has 0 heterocycles. The highest BCUT2D eigenvalue weighted by Crippen LogP contribution is 2.22. The van der Waals surface area contributed by atoms with Crippen molar-refractivity contribution in [3.05, 3.63) is 27.1 Å². The van der Waals surface area contributed by atoms with Gasteiger partial charge in [0.1, 0.15) is 5.75 Å². The Bertz CT molecular complexity index is 372. The Kier molecular flexibility index (Phi) is 4.28. The standard InChI is InChI=1S/C8H6Br2O3S/c9-5-1-6(10)3-7(2-5)14(13)4-8(11)12/h1-3H,4H2,(H,11,12). The lowest BCUT2D eigenvalue weighted by atomic mass is 10.4. The quantitative estimate of drug-likeness (QED) is 0.918. The first-order valence-electron chi connectivity index (χ1n) is 3.55. The molecule has 14 heavy (non-hydrogen) atoms. The van der Waals surface area contributed by atoms with Gasteiger partial charge >= 0.3 is 5.97 Å². The van der Waals surface area contributed by atoms with Crippen LogP contribution in [0.5, 0.6) is 0 Å². The Balaban J connectivity index is 2.95. The van der Waals surface area contributed by atoms with Gasteiger partial charge in [-0.15, -0.1) is 0 Å². The summed E-state index contributed by atoms with van der Waals surface area (Å²) < 4.78 is 13.0. The molecule has 0 fully saturated rings. The maximum absolute atomic E-state index is 11.4. The molecular weight excluding hydrogens is 336 g/mol. The average molecular weight is 342 g/mol. The minimum absolute atomic E-state index is 0.372. The largest absolute Gasteiger partial charge is 0.481 e. The summed E-state index contributed by atoms with van der Waals surface area (Å²) in [4.78, 5) is 10.8. The fraction of sp³-hybridized carbons (Fsp3) is 0.125. The number of carboxylic acids is 1. The molecule has 1 atom stereocenters. The van der Waals surface area contributed by atoms with Crippen LogP contribution in [-0.4, -0.2) is 21.0 Å². The van der Waals surface area contributed by atoms with Crippen LogP contribution < -0.4 is 0 Å². The third-order valence-electron chi connectivity index (χ3n) is 1.35. The van der Waals surface area contributed by atoms with Crippen LogP contribution >= 0.6 is 31.9 Å². The van der Waals surface area contributed by atoms with Crippen LogP contribution in [0.15, 0.2) is 32.0 Å². The molecule has 1 aromatic rings. The summed E-state index contributed by atoms with van der Waals surface area (Å²) >= 11 is 6.47. The second kappa shape index (κ2) is 5.04. The van der Waals surface area contributed by atoms with E-state index in [1.165, 1.54) is 0 Å². The lowest BCUT2D eigenvalue weighted by molar-refractivity contribution is -0.133. The molecule has 0 aromatic heterocycles. The van der Waals surface area contributed by atoms with Crippen LogP contribution in [0.1, 0.15) is 0 Å². The molecule has 0 spiro atoms. The van der Waals surface area contributed by atoms with Crippen molar-refractivity contribution in [3.63, 3.8) is 0 Å². The van der Waals surface area contributed by atoms with E-state index in [4.69, 9.17) is 5.11 Å². The zero-order valence-corrected chi connectivity index (χ0v) is 10.9. The van der Waals surface area contributed by atoms with Gasteiger partial charge in [-0.1, -0.05) is 31.9 Å². The molecule has 0 saturated heterocycles. The monoisotopic (exact) mass is 340 g/mol. The van der Waals surface area contributed by atoms with E-state index in [-0.39, 0.29) is 5.75 Å². The lowest BCUT2D eigenvalue weighted by Gasteiger charge is -2.01. The van der Waals surface area contributed by atoms with Crippen LogP contribution in [0.3, 0.4) is 0 Å². The van der Waals surface area contributed by atoms with Gasteiger partial charge in [0.05, 0.1) is 10.8 Å². The SMILES string of the molecule is O=C(O)CS(=O)c1cc(Br)cc(Br)c1. The number of rotatable bonds is 3. The smallest absolute Gasteiger partial charge is 0.316 e. The summed E-state index contributed by atoms with van der Waals surface area (Å²) in [7, 11) is -1.49. The molecule has 0 aliphatic carbocycles. The summed E-state index contributed by atoms with van der Waals surface area (Å²) in [5.74, 6) is -1.44. The zero-order chi connectivity index (χ0) is 10.7. The molecule has 0 amide bonds. The predicted molar refractivity (Wildman–Crippen MR) is 60.8 cm³/mol. The van der Waals surface area contributed by atoms with E-state index >= 15 is 0 Å². The van der Waals surface area contributed by atoms with Crippen LogP contribution in [0.2, 0.25) is 0 Å². The van der Waals surface area contributed by atoms with Crippen molar-refractivity contribution >= 4 is 48.6 Å². The van der Waals surface area contributed by atoms with Crippen molar-refractivity contribution in [3.8, 4) is 0 Å². The van der Waals surface area contributed by atoms with Gasteiger partial charge in [0.25, 0.3) is 0 Å². The van der Waals surface area contributed by atoms with E-state index in [9.17, 15) is 9.00 Å². The van der Waals surface area contributed by atoms with Gasteiger partial charge in [-0.05, 0) is 18.2 Å². The van der Waals surface area contributed by atoms with Gasteiger partial charge in [-0.25, -0.2) is 0 Å². The van der Waals surface area contributed by atoms with E-state index in [1.807, 2.05) is 0 Å². The first-order chi connectivity index (χ1) is 6.49. The third kappa shape index (κ3) is 3.51. The average Bonchev–Trinajstić information content (AvgIpc) is 2.00. The van der Waals surface area contributed by atoms with Crippen molar-refractivity contribution in [2.24, 2.45) is 0 Å². The van der Waals surface area contributed by atoms with Crippen molar-refractivity contribution in [1.29, 1.82) is 0 Å². The fourth-order valence-corrected chi connectivity index (χ4v) is 3.36. The minimum atomic E-state index is -1.49. The van der Waals surface area contributed by atoms with Crippen molar-refractivity contribution < 1.29 is 14.1 Å². The molecular formula is C8H6Br2O3S. The second-order valence-corrected chi connectivity index (χ2v) is 5.77. The molecule has 6 heteroatoms. The molecule has 1 unspecified atom stereocenters. The first kappa shape index (κ1) is 11.9. The van der Waals surface area contributed by atoms with Crippen LogP contribution in [0.4, 0.5) is 0 Å². The van der Waals surface area contributed by atoms with Crippen LogP contribution in [0.25, 0.3) is 0 Å². The van der Waals surface area contributed by atoms with Crippen LogP contribution in [-0.2, 0) is 15.6 Å². The van der Waals surface area contributed by atoms with Gasteiger partial charge in [-0.3, -0.25) is 9.00 Å². The summed E-state index contributed by atoms with van der Waals surface area (Å²) in [5.41, 5.74) is 0. The topological polar surface area (TPSA) is 54.4 Å². The Morgan fingerprint density at radius 3 is 2.21 bits per heavy atom. The summed E-state index contributed by atoms with van der Waals surface area (Å²) in [6.45, 7) is 0. The highest BCUT2D eigenvalue weighted by atomic mass is 79.9. The summed E-state index contributed by atoms with van der Waals surface area (Å²) in [6.07, 6.45) is 0. The van der Waals surface area contributed by atoms with Crippen molar-refractivity contribution in [2.45, 2.75) is 4.90 Å². The van der Waals surface area contributed by atoms with Gasteiger partial charge in [0.15, 0.2) is 0 Å². The number of carboxylic acid groups (broad SMARTS) is 1. The molecule has 76 valence electrons.